The van der Waals surface area contributed by atoms with E-state index in [2.05, 4.69) is 48.3 Å². The monoisotopic (exact) mass is 1160 g/mol. The Kier molecular flexibility index (Phi) is 31.2. The van der Waals surface area contributed by atoms with Crippen LogP contribution in [0.3, 0.4) is 0 Å². The van der Waals surface area contributed by atoms with Gasteiger partial charge in [0.15, 0.2) is 17.7 Å². The molecule has 2 amide bonds. The molecule has 1 aliphatic heterocycles. The standard InChI is InChI=1S/C48H86N7O17P3S/c1-36(2)26-24-22-20-18-16-14-12-10-8-6-5-7-9-11-13-15-17-19-21-23-25-27-39(57)76-31-30-50-38(56)28-29-51-46(60)43(59)48(3,4)33-69-75(66,67)72-74(64,65)68-32-37-42(71-73(61,62)63)41(58)47(70-37)55-35-54-40-44(49)52-34-53-45(40)55/h25,27,34-37,41-43,47,58-59H,5-24,26,28-33H2,1-4H3,(H,50,56)(H,51,60)(H,64,65)(H,66,67)(H2,49,52,53)(H2,61,62,63)/b27-25+/t37-,41-,42-,43+,47-/m0/s1. The summed E-state index contributed by atoms with van der Waals surface area (Å²) in [5, 5.41) is 26.5. The zero-order valence-corrected chi connectivity index (χ0v) is 48.2. The number of carbonyl (C=O) groups excluding carboxylic acids is 3. The lowest BCUT2D eigenvalue weighted by atomic mass is 9.87. The molecule has 0 saturated carbocycles. The van der Waals surface area contributed by atoms with Crippen molar-refractivity contribution in [2.45, 2.75) is 200 Å². The Morgan fingerprint density at radius 3 is 1.93 bits per heavy atom. The fourth-order valence-corrected chi connectivity index (χ4v) is 11.8. The van der Waals surface area contributed by atoms with Crippen LogP contribution in [0, 0.1) is 11.3 Å². The van der Waals surface area contributed by atoms with Crippen LogP contribution in [0.1, 0.15) is 175 Å². The zero-order chi connectivity index (χ0) is 56.2. The molecule has 1 aliphatic rings. The van der Waals surface area contributed by atoms with E-state index in [1.165, 1.54) is 129 Å². The topological polar surface area (TPSA) is 364 Å². The molecule has 0 bridgehead atoms. The van der Waals surface area contributed by atoms with Crippen LogP contribution in [0.5, 0.6) is 0 Å². The maximum Gasteiger partial charge on any atom is 0.481 e. The first-order valence-corrected chi connectivity index (χ1v) is 32.1. The van der Waals surface area contributed by atoms with Gasteiger partial charge in [0, 0.05) is 30.7 Å². The quantitative estimate of drug-likeness (QED) is 0.0172. The highest BCUT2D eigenvalue weighted by Crippen LogP contribution is 2.61. The number of amides is 2. The van der Waals surface area contributed by atoms with Crippen LogP contribution < -0.4 is 16.4 Å². The van der Waals surface area contributed by atoms with Gasteiger partial charge in [-0.15, -0.1) is 0 Å². The normalized spacial score (nSPS) is 19.3. The largest absolute Gasteiger partial charge is 0.481 e. The molecular weight excluding hydrogens is 1070 g/mol. The summed E-state index contributed by atoms with van der Waals surface area (Å²) in [4.78, 5) is 88.6. The van der Waals surface area contributed by atoms with E-state index >= 15 is 0 Å². The van der Waals surface area contributed by atoms with Gasteiger partial charge in [-0.2, -0.15) is 4.31 Å². The number of allylic oxidation sites excluding steroid dienone is 1. The molecule has 7 atom stereocenters. The molecule has 10 N–H and O–H groups in total. The molecule has 0 spiro atoms. The van der Waals surface area contributed by atoms with Crippen molar-refractivity contribution < 1.29 is 80.5 Å². The van der Waals surface area contributed by atoms with Crippen molar-refractivity contribution in [3.05, 3.63) is 24.8 Å². The molecule has 0 aliphatic carbocycles. The first kappa shape index (κ1) is 67.6. The van der Waals surface area contributed by atoms with Gasteiger partial charge in [-0.3, -0.25) is 32.5 Å². The van der Waals surface area contributed by atoms with Gasteiger partial charge in [0.25, 0.3) is 0 Å². The number of hydrogen-bond donors (Lipinski definition) is 9. The van der Waals surface area contributed by atoms with Crippen LogP contribution >= 0.6 is 35.2 Å². The smallest absolute Gasteiger partial charge is 0.386 e. The van der Waals surface area contributed by atoms with E-state index in [1.807, 2.05) is 6.08 Å². The van der Waals surface area contributed by atoms with E-state index in [0.29, 0.717) is 5.75 Å². The predicted octanol–water partition coefficient (Wildman–Crippen LogP) is 8.07. The van der Waals surface area contributed by atoms with Gasteiger partial charge in [-0.05, 0) is 24.8 Å². The number of carbonyl (C=O) groups is 3. The van der Waals surface area contributed by atoms with Crippen molar-refractivity contribution in [3.8, 4) is 0 Å². The Balaban J connectivity index is 1.20. The lowest BCUT2D eigenvalue weighted by Gasteiger charge is -2.30. The number of fused-ring (bicyclic) bond motifs is 1. The van der Waals surface area contributed by atoms with Crippen LogP contribution in [0.2, 0.25) is 0 Å². The molecule has 0 radical (unpaired) electrons. The third-order valence-corrected chi connectivity index (χ3v) is 16.6. The van der Waals surface area contributed by atoms with Crippen molar-refractivity contribution in [2.75, 3.05) is 37.8 Å². The molecule has 76 heavy (non-hydrogen) atoms. The lowest BCUT2D eigenvalue weighted by molar-refractivity contribution is -0.137. The summed E-state index contributed by atoms with van der Waals surface area (Å²) in [6.45, 7) is 5.15. The maximum atomic E-state index is 12.8. The number of rotatable bonds is 42. The average Bonchev–Trinajstić information content (AvgIpc) is 3.91. The third kappa shape index (κ3) is 27.4. The number of nitrogens with two attached hydrogens (primary N) is 1. The predicted molar refractivity (Wildman–Crippen MR) is 288 cm³/mol. The van der Waals surface area contributed by atoms with Crippen molar-refractivity contribution in [2.24, 2.45) is 11.3 Å². The number of ether oxygens (including phenoxy) is 1. The number of nitrogens with one attached hydrogen (secondary N) is 2. The second kappa shape index (κ2) is 35.1. The van der Waals surface area contributed by atoms with Gasteiger partial charge in [-0.25, -0.2) is 28.6 Å². The Labute approximate surface area is 451 Å². The molecule has 3 heterocycles. The molecule has 436 valence electrons. The number of nitrogen functional groups attached to an aromatic ring is 1. The van der Waals surface area contributed by atoms with E-state index in [4.69, 9.17) is 19.5 Å². The minimum Gasteiger partial charge on any atom is -0.386 e. The number of unbranched alkanes of at least 4 members (excludes halogenated alkanes) is 19. The number of imidazole rings is 1. The molecule has 28 heteroatoms. The van der Waals surface area contributed by atoms with E-state index in [1.54, 1.807) is 6.08 Å². The minimum atomic E-state index is -5.58. The Morgan fingerprint density at radius 1 is 0.816 bits per heavy atom. The molecule has 2 unspecified atom stereocenters. The fourth-order valence-electron chi connectivity index (χ4n) is 8.33. The SMILES string of the molecule is CC(C)CCCCCCCCCCCCCCCCCCCCC/C=C/C(=O)SCCNC(=O)CCNC(=O)[C@@H](O)C(C)(C)COP(=O)(O)OP(=O)(O)OC[C@@H]1O[C@H](n2cnc3c(N)ncnc32)[C@@H](O)[C@H]1OP(=O)(O)O. The molecule has 24 nitrogen and oxygen atoms in total. The Morgan fingerprint density at radius 2 is 1.37 bits per heavy atom. The number of thioether (sulfide) groups is 1. The van der Waals surface area contributed by atoms with Gasteiger partial charge in [-0.1, -0.05) is 168 Å². The average molecular weight is 1160 g/mol. The number of aliphatic hydroxyl groups excluding tert-OH is 2. The van der Waals surface area contributed by atoms with Crippen LogP contribution in [0.4, 0.5) is 5.82 Å². The number of phosphoric acid groups is 3. The second-order valence-electron chi connectivity index (χ2n) is 20.3. The van der Waals surface area contributed by atoms with E-state index in [9.17, 15) is 57.9 Å². The van der Waals surface area contributed by atoms with Crippen LogP contribution in [-0.4, -0.2) is 123 Å². The molecule has 1 fully saturated rings. The summed E-state index contributed by atoms with van der Waals surface area (Å²) in [5.74, 6) is -0.252. The summed E-state index contributed by atoms with van der Waals surface area (Å²) >= 11 is 1.08. The van der Waals surface area contributed by atoms with Gasteiger partial charge >= 0.3 is 23.5 Å². The summed E-state index contributed by atoms with van der Waals surface area (Å²) in [7, 11) is -16.4. The Bertz CT molecular complexity index is 2220. The lowest BCUT2D eigenvalue weighted by Crippen LogP contribution is -2.46. The van der Waals surface area contributed by atoms with E-state index in [-0.39, 0.29) is 41.6 Å². The number of anilines is 1. The number of phosphoric ester groups is 3. The van der Waals surface area contributed by atoms with E-state index < -0.39 is 84.6 Å². The highest BCUT2D eigenvalue weighted by molar-refractivity contribution is 8.14. The van der Waals surface area contributed by atoms with Gasteiger partial charge in [0.1, 0.15) is 36.3 Å². The summed E-state index contributed by atoms with van der Waals surface area (Å²) < 4.78 is 62.6. The molecular formula is C48H86N7O17P3S. The van der Waals surface area contributed by atoms with Gasteiger partial charge in [0.05, 0.1) is 19.5 Å². The first-order valence-electron chi connectivity index (χ1n) is 26.6. The van der Waals surface area contributed by atoms with Crippen LogP contribution in [0.25, 0.3) is 11.2 Å². The Hall–Kier alpha value is -2.70. The van der Waals surface area contributed by atoms with Crippen LogP contribution in [-0.2, 0) is 50.7 Å². The molecule has 2 aromatic rings. The van der Waals surface area contributed by atoms with Gasteiger partial charge < -0.3 is 50.9 Å². The highest BCUT2D eigenvalue weighted by atomic mass is 32.2. The molecule has 0 aromatic carbocycles. The van der Waals surface area contributed by atoms with Crippen molar-refractivity contribution in [1.82, 2.24) is 30.2 Å². The first-order chi connectivity index (χ1) is 35.9. The third-order valence-electron chi connectivity index (χ3n) is 12.7. The molecule has 2 aromatic heterocycles. The number of hydrogen-bond acceptors (Lipinski definition) is 18. The number of aromatic nitrogens is 4. The second-order valence-corrected chi connectivity index (χ2v) is 25.7. The van der Waals surface area contributed by atoms with Gasteiger partial charge in [0.2, 0.25) is 16.9 Å². The van der Waals surface area contributed by atoms with Crippen molar-refractivity contribution >= 4 is 69.1 Å². The maximum absolute atomic E-state index is 12.8. The van der Waals surface area contributed by atoms with Crippen molar-refractivity contribution in [3.63, 3.8) is 0 Å². The fraction of sp³-hybridized carbons (Fsp3) is 0.792. The molecule has 1 saturated heterocycles. The van der Waals surface area contributed by atoms with Crippen LogP contribution in [0.15, 0.2) is 24.8 Å². The summed E-state index contributed by atoms with van der Waals surface area (Å²) in [6, 6.07) is 0. The number of nitrogens with zero attached hydrogens (tertiary/aromatic N) is 4. The minimum absolute atomic E-state index is 0.0331. The summed E-state index contributed by atoms with van der Waals surface area (Å²) in [5.41, 5.74) is 4.29. The molecule has 3 rings (SSSR count). The van der Waals surface area contributed by atoms with E-state index in [0.717, 1.165) is 54.2 Å². The summed E-state index contributed by atoms with van der Waals surface area (Å²) in [6.07, 6.45) is 24.0. The highest BCUT2D eigenvalue weighted by Gasteiger charge is 2.50. The van der Waals surface area contributed by atoms with Crippen molar-refractivity contribution in [1.29, 1.82) is 0 Å². The number of aliphatic hydroxyl groups is 2. The zero-order valence-electron chi connectivity index (χ0n) is 44.7.